The third-order valence-electron chi connectivity index (χ3n) is 6.42. The van der Waals surface area contributed by atoms with E-state index in [1.807, 2.05) is 48.9 Å². The molecule has 0 aromatic heterocycles. The summed E-state index contributed by atoms with van der Waals surface area (Å²) >= 11 is 0. The van der Waals surface area contributed by atoms with Crippen LogP contribution in [0.2, 0.25) is 0 Å². The lowest BCUT2D eigenvalue weighted by atomic mass is 10.1. The van der Waals surface area contributed by atoms with Crippen LogP contribution in [0.5, 0.6) is 0 Å². The lowest BCUT2D eigenvalue weighted by Gasteiger charge is -2.20. The highest BCUT2D eigenvalue weighted by atomic mass is 16.5. The number of ether oxygens (including phenoxy) is 8. The summed E-state index contributed by atoms with van der Waals surface area (Å²) in [4.78, 5) is 4.31. The van der Waals surface area contributed by atoms with Crippen LogP contribution in [0.4, 0.5) is 0 Å². The zero-order valence-corrected chi connectivity index (χ0v) is 29.8. The minimum Gasteiger partial charge on any atom is -0.499 e. The highest BCUT2D eigenvalue weighted by Gasteiger charge is 2.02. The van der Waals surface area contributed by atoms with Gasteiger partial charge in [0.1, 0.15) is 26.4 Å². The predicted octanol–water partition coefficient (Wildman–Crippen LogP) is 6.72. The van der Waals surface area contributed by atoms with Crippen LogP contribution in [0, 0.1) is 0 Å². The van der Waals surface area contributed by atoms with Gasteiger partial charge in [-0.2, -0.15) is 0 Å². The lowest BCUT2D eigenvalue weighted by molar-refractivity contribution is 0.0575. The van der Waals surface area contributed by atoms with E-state index in [1.54, 1.807) is 0 Å². The van der Waals surface area contributed by atoms with E-state index in [-0.39, 0.29) is 0 Å². The summed E-state index contributed by atoms with van der Waals surface area (Å²) in [7, 11) is 0. The van der Waals surface area contributed by atoms with Crippen molar-refractivity contribution in [1.82, 2.24) is 9.80 Å². The molecule has 276 valence electrons. The first kappa shape index (κ1) is 45.0. The van der Waals surface area contributed by atoms with Crippen LogP contribution >= 0.6 is 0 Å². The van der Waals surface area contributed by atoms with E-state index in [9.17, 15) is 0 Å². The Labute approximate surface area is 296 Å². The molecule has 0 saturated carbocycles. The van der Waals surface area contributed by atoms with Crippen molar-refractivity contribution in [3.63, 3.8) is 0 Å². The van der Waals surface area contributed by atoms with E-state index < -0.39 is 0 Å². The van der Waals surface area contributed by atoms with Crippen molar-refractivity contribution < 1.29 is 37.9 Å². The second-order valence-corrected chi connectivity index (χ2v) is 10.2. The second-order valence-electron chi connectivity index (χ2n) is 10.2. The third kappa shape index (κ3) is 33.7. The summed E-state index contributed by atoms with van der Waals surface area (Å²) in [5.74, 6) is 0. The van der Waals surface area contributed by atoms with Gasteiger partial charge in [0.2, 0.25) is 0 Å². The molecule has 0 spiro atoms. The summed E-state index contributed by atoms with van der Waals surface area (Å²) in [6.07, 6.45) is 24.6. The molecule has 0 aliphatic rings. The third-order valence-corrected chi connectivity index (χ3v) is 6.42. The molecule has 0 rings (SSSR count). The van der Waals surface area contributed by atoms with Gasteiger partial charge in [0.15, 0.2) is 0 Å². The first-order chi connectivity index (χ1) is 24.1. The SMILES string of the molecule is C=COCCOCCN(/C=C/C=C\C(=C)CCCC(=C)/C=C\C=C\N(CCOCCOC=C)CCOCCOC=C)CCOCCOC=C. The van der Waals surface area contributed by atoms with Gasteiger partial charge in [0.05, 0.1) is 77.9 Å². The molecule has 0 atom stereocenters. The molecule has 10 nitrogen and oxygen atoms in total. The first-order valence-electron chi connectivity index (χ1n) is 16.8. The van der Waals surface area contributed by atoms with Crippen LogP contribution < -0.4 is 0 Å². The van der Waals surface area contributed by atoms with Crippen LogP contribution in [0.25, 0.3) is 0 Å². The molecule has 0 radical (unpaired) electrons. The summed E-state index contributed by atoms with van der Waals surface area (Å²) in [5.41, 5.74) is 2.13. The quantitative estimate of drug-likeness (QED) is 0.0397. The molecule has 0 fully saturated rings. The van der Waals surface area contributed by atoms with Gasteiger partial charge >= 0.3 is 0 Å². The fourth-order valence-electron chi connectivity index (χ4n) is 3.85. The second kappa shape index (κ2) is 36.9. The largest absolute Gasteiger partial charge is 0.499 e. The molecular weight excluding hydrogens is 624 g/mol. The molecular formula is C39H62N2O8. The van der Waals surface area contributed by atoms with Crippen molar-refractivity contribution in [1.29, 1.82) is 0 Å². The van der Waals surface area contributed by atoms with E-state index in [0.717, 1.165) is 56.6 Å². The van der Waals surface area contributed by atoms with E-state index in [1.165, 1.54) is 25.0 Å². The Morgan fingerprint density at radius 1 is 0.408 bits per heavy atom. The number of rotatable bonds is 38. The summed E-state index contributed by atoms with van der Waals surface area (Å²) in [6.45, 7) is 31.8. The van der Waals surface area contributed by atoms with Gasteiger partial charge in [0, 0.05) is 26.2 Å². The van der Waals surface area contributed by atoms with Crippen LogP contribution in [-0.2, 0) is 37.9 Å². The molecule has 0 heterocycles. The van der Waals surface area contributed by atoms with E-state index in [2.05, 4.69) is 49.3 Å². The number of nitrogens with zero attached hydrogens (tertiary/aromatic N) is 2. The van der Waals surface area contributed by atoms with Crippen LogP contribution in [-0.4, -0.2) is 115 Å². The fraction of sp³-hybridized carbons (Fsp3) is 0.487. The molecule has 0 aromatic carbocycles. The Balaban J connectivity index is 4.59. The van der Waals surface area contributed by atoms with E-state index in [0.29, 0.717) is 79.3 Å². The fourth-order valence-corrected chi connectivity index (χ4v) is 3.85. The van der Waals surface area contributed by atoms with E-state index in [4.69, 9.17) is 37.9 Å². The maximum atomic E-state index is 5.64. The van der Waals surface area contributed by atoms with Crippen LogP contribution in [0.3, 0.4) is 0 Å². The minimum absolute atomic E-state index is 0.491. The minimum atomic E-state index is 0.491. The Morgan fingerprint density at radius 3 is 1.00 bits per heavy atom. The molecule has 10 heteroatoms. The Bertz CT molecular complexity index is 860. The molecule has 0 saturated heterocycles. The van der Waals surface area contributed by atoms with Crippen molar-refractivity contribution in [2.75, 3.05) is 105 Å². The molecule has 0 N–H and O–H groups in total. The zero-order valence-electron chi connectivity index (χ0n) is 29.8. The smallest absolute Gasteiger partial charge is 0.111 e. The van der Waals surface area contributed by atoms with Crippen molar-refractivity contribution in [3.8, 4) is 0 Å². The first-order valence-corrected chi connectivity index (χ1v) is 16.8. The summed E-state index contributed by atoms with van der Waals surface area (Å²) in [5, 5.41) is 0. The Hall–Kier alpha value is -3.96. The maximum Gasteiger partial charge on any atom is 0.111 e. The number of hydrogen-bond acceptors (Lipinski definition) is 10. The van der Waals surface area contributed by atoms with Gasteiger partial charge in [-0.15, -0.1) is 0 Å². The van der Waals surface area contributed by atoms with Crippen molar-refractivity contribution in [3.05, 3.63) is 125 Å². The predicted molar refractivity (Wildman–Crippen MR) is 200 cm³/mol. The van der Waals surface area contributed by atoms with Gasteiger partial charge in [-0.25, -0.2) is 0 Å². The molecule has 0 bridgehead atoms. The highest BCUT2D eigenvalue weighted by molar-refractivity contribution is 5.21. The zero-order chi connectivity index (χ0) is 35.9. The lowest BCUT2D eigenvalue weighted by Crippen LogP contribution is -2.27. The number of hydrogen-bond donors (Lipinski definition) is 0. The summed E-state index contributed by atoms with van der Waals surface area (Å²) in [6, 6.07) is 0. The Morgan fingerprint density at radius 2 is 0.714 bits per heavy atom. The molecule has 0 unspecified atom stereocenters. The average molecular weight is 687 g/mol. The number of allylic oxidation sites excluding steroid dienone is 8. The van der Waals surface area contributed by atoms with Gasteiger partial charge in [-0.05, 0) is 43.8 Å². The normalized spacial score (nSPS) is 11.3. The van der Waals surface area contributed by atoms with Crippen molar-refractivity contribution in [2.45, 2.75) is 19.3 Å². The molecule has 0 aliphatic heterocycles. The molecule has 0 aromatic rings. The summed E-state index contributed by atoms with van der Waals surface area (Å²) < 4.78 is 42.9. The van der Waals surface area contributed by atoms with Crippen molar-refractivity contribution >= 4 is 0 Å². The van der Waals surface area contributed by atoms with Gasteiger partial charge < -0.3 is 47.7 Å². The topological polar surface area (TPSA) is 80.3 Å². The maximum absolute atomic E-state index is 5.64. The van der Waals surface area contributed by atoms with Gasteiger partial charge in [-0.3, -0.25) is 0 Å². The van der Waals surface area contributed by atoms with Crippen LogP contribution in [0.15, 0.2) is 125 Å². The molecule has 0 aliphatic carbocycles. The van der Waals surface area contributed by atoms with Crippen LogP contribution in [0.1, 0.15) is 19.3 Å². The average Bonchev–Trinajstić information content (AvgIpc) is 3.10. The Kier molecular flexibility index (Phi) is 33.9. The molecule has 0 amide bonds. The monoisotopic (exact) mass is 686 g/mol. The standard InChI is InChI=1S/C39H62N2O8/c1-7-42-30-34-46-26-22-40(23-27-47-35-31-43-8-2)20-13-11-16-38(5)18-15-19-39(6)17-12-14-21-41(24-28-48-36-32-44-9-3)25-29-49-37-33-45-10-4/h7-14,16-17,20-21H,1-6,15,18-19,22-37H2/b16-11-,17-12-,20-13+,21-14+. The highest BCUT2D eigenvalue weighted by Crippen LogP contribution is 2.12. The van der Waals surface area contributed by atoms with Gasteiger partial charge in [0.25, 0.3) is 0 Å². The van der Waals surface area contributed by atoms with Gasteiger partial charge in [-0.1, -0.05) is 74.9 Å². The molecule has 49 heavy (non-hydrogen) atoms. The van der Waals surface area contributed by atoms with Crippen molar-refractivity contribution in [2.24, 2.45) is 0 Å². The van der Waals surface area contributed by atoms with E-state index >= 15 is 0 Å².